The number of hydrogen-bond acceptors (Lipinski definition) is 7. The lowest BCUT2D eigenvalue weighted by Gasteiger charge is -2.26. The Morgan fingerprint density at radius 3 is 2.11 bits per heavy atom. The van der Waals surface area contributed by atoms with Crippen LogP contribution in [-0.4, -0.2) is 50.1 Å². The predicted molar refractivity (Wildman–Crippen MR) is 138 cm³/mol. The van der Waals surface area contributed by atoms with Gasteiger partial charge in [-0.3, -0.25) is 9.59 Å². The number of carbonyl (C=O) groups excluding carboxylic acids is 2. The van der Waals surface area contributed by atoms with Gasteiger partial charge in [-0.1, -0.05) is 29.8 Å². The van der Waals surface area contributed by atoms with Crippen molar-refractivity contribution < 1.29 is 33.6 Å². The number of ketones is 1. The number of rotatable bonds is 8. The monoisotopic (exact) mass is 523 g/mol. The van der Waals surface area contributed by atoms with Crippen LogP contribution in [0.15, 0.2) is 66.2 Å². The molecule has 8 nitrogen and oxygen atoms in total. The standard InChI is InChI=1S/C28H26ClNO7/c1-34-18-8-6-17(7-9-18)25-24(26(31)20-14-19(35-2)10-11-21(20)29)27(32)28(33)30(25)15-16-5-12-22(36-3)23(13-16)37-4/h5-14,25,31H,15H2,1-4H3/b26-24+. The van der Waals surface area contributed by atoms with Crippen LogP contribution in [0.4, 0.5) is 0 Å². The van der Waals surface area contributed by atoms with Gasteiger partial charge < -0.3 is 29.0 Å². The van der Waals surface area contributed by atoms with E-state index in [9.17, 15) is 14.7 Å². The third-order valence-electron chi connectivity index (χ3n) is 6.20. The summed E-state index contributed by atoms with van der Waals surface area (Å²) in [6.07, 6.45) is 0. The molecule has 0 aliphatic carbocycles. The number of nitrogens with zero attached hydrogens (tertiary/aromatic N) is 1. The molecule has 1 saturated heterocycles. The maximum absolute atomic E-state index is 13.4. The van der Waals surface area contributed by atoms with Gasteiger partial charge in [0.1, 0.15) is 17.3 Å². The first-order valence-corrected chi connectivity index (χ1v) is 11.7. The Kier molecular flexibility index (Phi) is 7.59. The zero-order valence-corrected chi connectivity index (χ0v) is 21.5. The number of ether oxygens (including phenoxy) is 4. The number of likely N-dealkylation sites (tertiary alicyclic amines) is 1. The number of aliphatic hydroxyl groups is 1. The van der Waals surface area contributed by atoms with Gasteiger partial charge >= 0.3 is 0 Å². The average molecular weight is 524 g/mol. The molecule has 1 amide bonds. The molecule has 1 fully saturated rings. The van der Waals surface area contributed by atoms with E-state index in [1.54, 1.807) is 61.7 Å². The molecule has 0 saturated carbocycles. The van der Waals surface area contributed by atoms with Gasteiger partial charge in [0, 0.05) is 12.1 Å². The van der Waals surface area contributed by atoms with Crippen LogP contribution in [0.5, 0.6) is 23.0 Å². The molecule has 3 aromatic rings. The fraction of sp³-hybridized carbons (Fsp3) is 0.214. The molecular formula is C28H26ClNO7. The lowest BCUT2D eigenvalue weighted by Crippen LogP contribution is -2.29. The molecule has 1 atom stereocenters. The van der Waals surface area contributed by atoms with Crippen LogP contribution in [0.2, 0.25) is 5.02 Å². The van der Waals surface area contributed by atoms with Gasteiger partial charge in [0.15, 0.2) is 11.5 Å². The largest absolute Gasteiger partial charge is 0.507 e. The Bertz CT molecular complexity index is 1370. The number of amides is 1. The van der Waals surface area contributed by atoms with Crippen molar-refractivity contribution in [2.75, 3.05) is 28.4 Å². The molecule has 0 radical (unpaired) electrons. The molecule has 1 aliphatic heterocycles. The van der Waals surface area contributed by atoms with Gasteiger partial charge in [-0.15, -0.1) is 0 Å². The third-order valence-corrected chi connectivity index (χ3v) is 6.53. The first-order valence-electron chi connectivity index (χ1n) is 11.3. The summed E-state index contributed by atoms with van der Waals surface area (Å²) in [6, 6.07) is 16.0. The van der Waals surface area contributed by atoms with Gasteiger partial charge in [-0.25, -0.2) is 0 Å². The lowest BCUT2D eigenvalue weighted by atomic mass is 9.95. The highest BCUT2D eigenvalue weighted by Gasteiger charge is 2.46. The fourth-order valence-corrected chi connectivity index (χ4v) is 4.52. The summed E-state index contributed by atoms with van der Waals surface area (Å²) in [5.74, 6) is 0.100. The van der Waals surface area contributed by atoms with Crippen LogP contribution >= 0.6 is 11.6 Å². The molecule has 0 bridgehead atoms. The van der Waals surface area contributed by atoms with Crippen molar-refractivity contribution in [2.24, 2.45) is 0 Å². The number of benzene rings is 3. The van der Waals surface area contributed by atoms with Crippen molar-refractivity contribution in [3.8, 4) is 23.0 Å². The normalized spacial score (nSPS) is 16.6. The quantitative estimate of drug-likeness (QED) is 0.252. The van der Waals surface area contributed by atoms with E-state index in [0.29, 0.717) is 34.1 Å². The lowest BCUT2D eigenvalue weighted by molar-refractivity contribution is -0.140. The van der Waals surface area contributed by atoms with Gasteiger partial charge in [0.25, 0.3) is 11.7 Å². The molecule has 1 heterocycles. The predicted octanol–water partition coefficient (Wildman–Crippen LogP) is 5.00. The molecule has 9 heteroatoms. The molecule has 1 unspecified atom stereocenters. The number of aliphatic hydroxyl groups excluding tert-OH is 1. The second kappa shape index (κ2) is 10.8. The fourth-order valence-electron chi connectivity index (χ4n) is 4.31. The van der Waals surface area contributed by atoms with Crippen molar-refractivity contribution in [1.29, 1.82) is 0 Å². The zero-order valence-electron chi connectivity index (χ0n) is 20.8. The Morgan fingerprint density at radius 2 is 1.49 bits per heavy atom. The Morgan fingerprint density at radius 1 is 0.838 bits per heavy atom. The Labute approximate surface area is 219 Å². The van der Waals surface area contributed by atoms with Crippen LogP contribution in [0.25, 0.3) is 5.76 Å². The van der Waals surface area contributed by atoms with Gasteiger partial charge in [0.2, 0.25) is 0 Å². The minimum atomic E-state index is -0.888. The summed E-state index contributed by atoms with van der Waals surface area (Å²) < 4.78 is 21.2. The summed E-state index contributed by atoms with van der Waals surface area (Å²) in [4.78, 5) is 28.1. The van der Waals surface area contributed by atoms with E-state index in [-0.39, 0.29) is 22.7 Å². The van der Waals surface area contributed by atoms with Crippen LogP contribution < -0.4 is 18.9 Å². The summed E-state index contributed by atoms with van der Waals surface area (Å²) in [6.45, 7) is 0.0737. The van der Waals surface area contributed by atoms with Crippen LogP contribution in [-0.2, 0) is 16.1 Å². The van der Waals surface area contributed by atoms with Gasteiger partial charge in [0.05, 0.1) is 45.1 Å². The van der Waals surface area contributed by atoms with E-state index in [4.69, 9.17) is 30.5 Å². The second-order valence-electron chi connectivity index (χ2n) is 8.24. The van der Waals surface area contributed by atoms with Crippen LogP contribution in [0.3, 0.4) is 0 Å². The first kappa shape index (κ1) is 25.9. The molecule has 1 aliphatic rings. The Balaban J connectivity index is 1.87. The number of Topliss-reactive ketones (excluding diaryl/α,β-unsaturated/α-hetero) is 1. The average Bonchev–Trinajstić information content (AvgIpc) is 3.17. The summed E-state index contributed by atoms with van der Waals surface area (Å²) in [7, 11) is 6.07. The van der Waals surface area contributed by atoms with E-state index in [1.807, 2.05) is 0 Å². The zero-order chi connectivity index (χ0) is 26.7. The maximum atomic E-state index is 13.4. The second-order valence-corrected chi connectivity index (χ2v) is 8.64. The summed E-state index contributed by atoms with van der Waals surface area (Å²) >= 11 is 6.37. The van der Waals surface area contributed by atoms with Gasteiger partial charge in [-0.05, 0) is 53.6 Å². The maximum Gasteiger partial charge on any atom is 0.295 e. The molecule has 0 aromatic heterocycles. The summed E-state index contributed by atoms with van der Waals surface area (Å²) in [5, 5.41) is 11.6. The number of carbonyl (C=O) groups is 2. The summed E-state index contributed by atoms with van der Waals surface area (Å²) in [5.41, 5.74) is 1.42. The first-order chi connectivity index (χ1) is 17.8. The molecule has 0 spiro atoms. The van der Waals surface area contributed by atoms with Crippen molar-refractivity contribution in [1.82, 2.24) is 4.90 Å². The smallest absolute Gasteiger partial charge is 0.295 e. The molecule has 3 aromatic carbocycles. The van der Waals surface area contributed by atoms with E-state index < -0.39 is 23.5 Å². The van der Waals surface area contributed by atoms with Crippen molar-refractivity contribution in [3.05, 3.63) is 87.9 Å². The SMILES string of the molecule is COc1ccc(C2/C(=C(\O)c3cc(OC)ccc3Cl)C(=O)C(=O)N2Cc2ccc(OC)c(OC)c2)cc1. The molecular weight excluding hydrogens is 498 g/mol. The minimum Gasteiger partial charge on any atom is -0.507 e. The van der Waals surface area contributed by atoms with E-state index in [2.05, 4.69) is 0 Å². The number of halogens is 1. The molecule has 1 N–H and O–H groups in total. The third kappa shape index (κ3) is 4.93. The molecule has 37 heavy (non-hydrogen) atoms. The van der Waals surface area contributed by atoms with Gasteiger partial charge in [-0.2, -0.15) is 0 Å². The van der Waals surface area contributed by atoms with E-state index >= 15 is 0 Å². The van der Waals surface area contributed by atoms with E-state index in [0.717, 1.165) is 0 Å². The minimum absolute atomic E-state index is 0.0737. The van der Waals surface area contributed by atoms with Crippen LogP contribution in [0, 0.1) is 0 Å². The highest BCUT2D eigenvalue weighted by atomic mass is 35.5. The van der Waals surface area contributed by atoms with Crippen LogP contribution in [0.1, 0.15) is 22.7 Å². The number of hydrogen-bond donors (Lipinski definition) is 1. The number of methoxy groups -OCH3 is 4. The highest BCUT2D eigenvalue weighted by Crippen LogP contribution is 2.42. The molecule has 192 valence electrons. The van der Waals surface area contributed by atoms with Crippen molar-refractivity contribution >= 4 is 29.1 Å². The Hall–Kier alpha value is -4.17. The van der Waals surface area contributed by atoms with Crippen molar-refractivity contribution in [3.63, 3.8) is 0 Å². The van der Waals surface area contributed by atoms with Crippen molar-refractivity contribution in [2.45, 2.75) is 12.6 Å². The highest BCUT2D eigenvalue weighted by molar-refractivity contribution is 6.47. The molecule has 4 rings (SSSR count). The topological polar surface area (TPSA) is 94.5 Å². The van der Waals surface area contributed by atoms with E-state index in [1.165, 1.54) is 32.3 Å².